The molecule has 2 aliphatic rings. The molecular weight excluding hydrogens is 430 g/mol. The molecule has 0 radical (unpaired) electrons. The van der Waals surface area contributed by atoms with Crippen molar-refractivity contribution in [2.45, 2.75) is 38.1 Å². The number of benzene rings is 2. The number of carbonyl (C=O) groups is 3. The summed E-state index contributed by atoms with van der Waals surface area (Å²) in [6, 6.07) is 15.6. The maximum Gasteiger partial charge on any atom is 0.253 e. The first kappa shape index (κ1) is 23.8. The highest BCUT2D eigenvalue weighted by atomic mass is 16.5. The van der Waals surface area contributed by atoms with Gasteiger partial charge in [-0.25, -0.2) is 0 Å². The molecule has 0 unspecified atom stereocenters. The van der Waals surface area contributed by atoms with Crippen molar-refractivity contribution < 1.29 is 19.1 Å². The van der Waals surface area contributed by atoms with E-state index >= 15 is 0 Å². The Kier molecular flexibility index (Phi) is 7.83. The van der Waals surface area contributed by atoms with Crippen molar-refractivity contribution in [3.8, 4) is 5.75 Å². The highest BCUT2D eigenvalue weighted by Crippen LogP contribution is 2.25. The predicted molar refractivity (Wildman–Crippen MR) is 130 cm³/mol. The number of nitrogens with one attached hydrogen (secondary N) is 1. The third-order valence-corrected chi connectivity index (χ3v) is 6.87. The Morgan fingerprint density at radius 3 is 2.21 bits per heavy atom. The second-order valence-corrected chi connectivity index (χ2v) is 9.06. The van der Waals surface area contributed by atoms with Crippen LogP contribution in [0.5, 0.6) is 5.75 Å². The number of rotatable bonds is 6. The molecule has 0 aliphatic carbocycles. The Bertz CT molecular complexity index is 996. The van der Waals surface area contributed by atoms with Gasteiger partial charge in [-0.05, 0) is 68.4 Å². The largest absolute Gasteiger partial charge is 0.497 e. The van der Waals surface area contributed by atoms with Gasteiger partial charge in [-0.3, -0.25) is 14.4 Å². The van der Waals surface area contributed by atoms with E-state index < -0.39 is 6.04 Å². The molecule has 1 atom stereocenters. The van der Waals surface area contributed by atoms with E-state index in [1.54, 1.807) is 31.4 Å². The molecule has 2 fully saturated rings. The molecular formula is C27H33N3O4. The quantitative estimate of drug-likeness (QED) is 0.713. The molecule has 3 amide bonds. The third kappa shape index (κ3) is 5.58. The fourth-order valence-electron chi connectivity index (χ4n) is 4.88. The summed E-state index contributed by atoms with van der Waals surface area (Å²) in [6.45, 7) is 2.57. The van der Waals surface area contributed by atoms with Gasteiger partial charge < -0.3 is 19.9 Å². The molecule has 180 valence electrons. The van der Waals surface area contributed by atoms with Crippen LogP contribution in [0.2, 0.25) is 0 Å². The van der Waals surface area contributed by atoms with Gasteiger partial charge in [-0.15, -0.1) is 0 Å². The van der Waals surface area contributed by atoms with Crippen molar-refractivity contribution in [1.29, 1.82) is 0 Å². The van der Waals surface area contributed by atoms with Crippen LogP contribution in [-0.4, -0.2) is 66.9 Å². The van der Waals surface area contributed by atoms with Gasteiger partial charge >= 0.3 is 0 Å². The molecule has 2 heterocycles. The van der Waals surface area contributed by atoms with Crippen LogP contribution in [0.15, 0.2) is 54.6 Å². The standard InChI is InChI=1S/C27H33N3O4/c1-34-23-12-8-11-22(19-23)26(32)30-17-13-20(14-18-30)24(27(33)29-15-6-3-7-16-29)28-25(31)21-9-4-2-5-10-21/h2,4-5,8-12,19-20,24H,3,6-7,13-18H2,1H3,(H,28,31)/t24-/m1/s1. The van der Waals surface area contributed by atoms with Crippen LogP contribution < -0.4 is 10.1 Å². The number of ether oxygens (including phenoxy) is 1. The number of amides is 3. The van der Waals surface area contributed by atoms with E-state index in [4.69, 9.17) is 4.74 Å². The monoisotopic (exact) mass is 463 g/mol. The lowest BCUT2D eigenvalue weighted by Crippen LogP contribution is -2.55. The number of nitrogens with zero attached hydrogens (tertiary/aromatic N) is 2. The second-order valence-electron chi connectivity index (χ2n) is 9.06. The average molecular weight is 464 g/mol. The van der Waals surface area contributed by atoms with Crippen LogP contribution in [0.25, 0.3) is 0 Å². The second kappa shape index (κ2) is 11.2. The summed E-state index contributed by atoms with van der Waals surface area (Å²) >= 11 is 0. The minimum Gasteiger partial charge on any atom is -0.497 e. The zero-order valence-electron chi connectivity index (χ0n) is 19.7. The summed E-state index contributed by atoms with van der Waals surface area (Å²) in [6.07, 6.45) is 4.46. The molecule has 7 nitrogen and oxygen atoms in total. The molecule has 2 aromatic rings. The average Bonchev–Trinajstić information content (AvgIpc) is 2.92. The highest BCUT2D eigenvalue weighted by molar-refractivity contribution is 5.98. The van der Waals surface area contributed by atoms with Gasteiger partial charge in [-0.1, -0.05) is 24.3 Å². The number of hydrogen-bond donors (Lipinski definition) is 1. The normalized spacial score (nSPS) is 17.7. The molecule has 0 aromatic heterocycles. The fourth-order valence-corrected chi connectivity index (χ4v) is 4.88. The molecule has 2 saturated heterocycles. The zero-order chi connectivity index (χ0) is 23.9. The van der Waals surface area contributed by atoms with Gasteiger partial charge in [0.2, 0.25) is 5.91 Å². The molecule has 1 N–H and O–H groups in total. The van der Waals surface area contributed by atoms with E-state index in [2.05, 4.69) is 5.32 Å². The molecule has 2 aromatic carbocycles. The number of hydrogen-bond acceptors (Lipinski definition) is 4. The summed E-state index contributed by atoms with van der Waals surface area (Å²) in [4.78, 5) is 43.2. The number of piperidine rings is 2. The van der Waals surface area contributed by atoms with Crippen molar-refractivity contribution in [2.75, 3.05) is 33.3 Å². The number of likely N-dealkylation sites (tertiary alicyclic amines) is 2. The summed E-state index contributed by atoms with van der Waals surface area (Å²) in [5.41, 5.74) is 1.14. The van der Waals surface area contributed by atoms with Crippen molar-refractivity contribution in [1.82, 2.24) is 15.1 Å². The maximum absolute atomic E-state index is 13.5. The SMILES string of the molecule is COc1cccc(C(=O)N2CCC([C@@H](NC(=O)c3ccccc3)C(=O)N3CCCCC3)CC2)c1. The van der Waals surface area contributed by atoms with Crippen LogP contribution >= 0.6 is 0 Å². The lowest BCUT2D eigenvalue weighted by Gasteiger charge is -2.38. The van der Waals surface area contributed by atoms with Gasteiger partial charge in [0, 0.05) is 37.3 Å². The van der Waals surface area contributed by atoms with E-state index in [0.717, 1.165) is 32.4 Å². The first-order chi connectivity index (χ1) is 16.6. The topological polar surface area (TPSA) is 79.0 Å². The van der Waals surface area contributed by atoms with Crippen molar-refractivity contribution in [3.05, 3.63) is 65.7 Å². The van der Waals surface area contributed by atoms with Crippen LogP contribution in [0, 0.1) is 5.92 Å². The van der Waals surface area contributed by atoms with Crippen LogP contribution in [-0.2, 0) is 4.79 Å². The number of carbonyl (C=O) groups excluding carboxylic acids is 3. The Balaban J connectivity index is 1.45. The predicted octanol–water partition coefficient (Wildman–Crippen LogP) is 3.36. The Morgan fingerprint density at radius 1 is 0.853 bits per heavy atom. The summed E-state index contributed by atoms with van der Waals surface area (Å²) in [5.74, 6) is 0.366. The smallest absolute Gasteiger partial charge is 0.253 e. The van der Waals surface area contributed by atoms with Crippen LogP contribution in [0.3, 0.4) is 0 Å². The molecule has 0 bridgehead atoms. The van der Waals surface area contributed by atoms with Gasteiger partial charge in [0.25, 0.3) is 11.8 Å². The Hall–Kier alpha value is -3.35. The van der Waals surface area contributed by atoms with Crippen molar-refractivity contribution in [3.63, 3.8) is 0 Å². The first-order valence-corrected chi connectivity index (χ1v) is 12.1. The Morgan fingerprint density at radius 2 is 1.53 bits per heavy atom. The minimum absolute atomic E-state index is 0.00144. The minimum atomic E-state index is -0.583. The van der Waals surface area contributed by atoms with E-state index in [-0.39, 0.29) is 23.6 Å². The van der Waals surface area contributed by atoms with E-state index in [1.807, 2.05) is 40.1 Å². The van der Waals surface area contributed by atoms with Gasteiger partial charge in [-0.2, -0.15) is 0 Å². The molecule has 7 heteroatoms. The van der Waals surface area contributed by atoms with Crippen LogP contribution in [0.4, 0.5) is 0 Å². The first-order valence-electron chi connectivity index (χ1n) is 12.1. The molecule has 0 spiro atoms. The molecule has 0 saturated carbocycles. The van der Waals surface area contributed by atoms with Crippen molar-refractivity contribution >= 4 is 17.7 Å². The van der Waals surface area contributed by atoms with Gasteiger partial charge in [0.1, 0.15) is 11.8 Å². The van der Waals surface area contributed by atoms with Gasteiger partial charge in [0.15, 0.2) is 0 Å². The molecule has 4 rings (SSSR count). The lowest BCUT2D eigenvalue weighted by molar-refractivity contribution is -0.136. The summed E-state index contributed by atoms with van der Waals surface area (Å²) in [5, 5.41) is 3.04. The summed E-state index contributed by atoms with van der Waals surface area (Å²) < 4.78 is 5.25. The zero-order valence-corrected chi connectivity index (χ0v) is 19.7. The van der Waals surface area contributed by atoms with E-state index in [9.17, 15) is 14.4 Å². The van der Waals surface area contributed by atoms with Crippen LogP contribution in [0.1, 0.15) is 52.8 Å². The maximum atomic E-state index is 13.5. The summed E-state index contributed by atoms with van der Waals surface area (Å²) in [7, 11) is 1.58. The highest BCUT2D eigenvalue weighted by Gasteiger charge is 2.36. The van der Waals surface area contributed by atoms with Crippen molar-refractivity contribution in [2.24, 2.45) is 5.92 Å². The van der Waals surface area contributed by atoms with E-state index in [1.165, 1.54) is 0 Å². The number of methoxy groups -OCH3 is 1. The Labute approximate surface area is 201 Å². The molecule has 2 aliphatic heterocycles. The lowest BCUT2D eigenvalue weighted by atomic mass is 9.87. The fraction of sp³-hybridized carbons (Fsp3) is 0.444. The molecule has 34 heavy (non-hydrogen) atoms. The van der Waals surface area contributed by atoms with Gasteiger partial charge in [0.05, 0.1) is 7.11 Å². The van der Waals surface area contributed by atoms with E-state index in [0.29, 0.717) is 42.8 Å². The third-order valence-electron chi connectivity index (χ3n) is 6.87.